The van der Waals surface area contributed by atoms with Crippen LogP contribution in [0.3, 0.4) is 0 Å². The van der Waals surface area contributed by atoms with Crippen molar-refractivity contribution in [2.75, 3.05) is 5.32 Å². The van der Waals surface area contributed by atoms with Gasteiger partial charge < -0.3 is 15.8 Å². The van der Waals surface area contributed by atoms with Crippen molar-refractivity contribution < 1.29 is 4.74 Å². The molecule has 0 unspecified atom stereocenters. The zero-order valence-corrected chi connectivity index (χ0v) is 14.3. The molecule has 6 heteroatoms. The minimum atomic E-state index is -0.128. The fourth-order valence-corrected chi connectivity index (χ4v) is 3.04. The van der Waals surface area contributed by atoms with Crippen molar-refractivity contribution >= 4 is 5.95 Å². The van der Waals surface area contributed by atoms with Gasteiger partial charge in [0, 0.05) is 25.1 Å². The zero-order valence-electron chi connectivity index (χ0n) is 14.3. The number of nitrogens with zero attached hydrogens (tertiary/aromatic N) is 1. The van der Waals surface area contributed by atoms with Gasteiger partial charge >= 0.3 is 0 Å². The van der Waals surface area contributed by atoms with Crippen molar-refractivity contribution in [1.29, 1.82) is 0 Å². The summed E-state index contributed by atoms with van der Waals surface area (Å²) in [5.74, 6) is 1.26. The smallest absolute Gasteiger partial charge is 0.256 e. The quantitative estimate of drug-likeness (QED) is 0.673. The third-order valence-corrected chi connectivity index (χ3v) is 4.52. The molecule has 0 aliphatic carbocycles. The molecule has 6 nitrogen and oxygen atoms in total. The molecule has 2 aromatic carbocycles. The van der Waals surface area contributed by atoms with Crippen molar-refractivity contribution in [1.82, 2.24) is 9.97 Å². The summed E-state index contributed by atoms with van der Waals surface area (Å²) in [6.45, 7) is 1.37. The number of nitrogens with two attached hydrogens (primary N) is 1. The Labute approximate surface area is 151 Å². The van der Waals surface area contributed by atoms with E-state index in [9.17, 15) is 4.79 Å². The Kier molecular flexibility index (Phi) is 4.41. The monoisotopic (exact) mass is 348 g/mol. The number of rotatable bonds is 4. The standard InChI is InChI=1S/C20H20N4O2/c21-10-13-5-7-14(8-6-13)11-22-20-23-17-12-26-18-4-2-1-3-15(18)9-16(17)19(25)24-20/h1-8H,9-12,21H2,(H2,22,23,24,25). The van der Waals surface area contributed by atoms with Crippen molar-refractivity contribution in [2.24, 2.45) is 5.73 Å². The van der Waals surface area contributed by atoms with Crippen LogP contribution in [0.15, 0.2) is 53.3 Å². The summed E-state index contributed by atoms with van der Waals surface area (Å²) in [5.41, 5.74) is 9.99. The van der Waals surface area contributed by atoms with E-state index >= 15 is 0 Å². The van der Waals surface area contributed by atoms with Crippen molar-refractivity contribution in [3.8, 4) is 5.75 Å². The van der Waals surface area contributed by atoms with E-state index in [0.717, 1.165) is 22.4 Å². The van der Waals surface area contributed by atoms with Gasteiger partial charge in [-0.25, -0.2) is 4.98 Å². The Bertz CT molecular complexity index is 980. The first kappa shape index (κ1) is 16.4. The van der Waals surface area contributed by atoms with E-state index in [4.69, 9.17) is 10.5 Å². The first-order valence-corrected chi connectivity index (χ1v) is 8.57. The number of fused-ring (bicyclic) bond motifs is 2. The summed E-state index contributed by atoms with van der Waals surface area (Å²) in [6, 6.07) is 15.8. The minimum Gasteiger partial charge on any atom is -0.487 e. The number of anilines is 1. The molecule has 0 saturated heterocycles. The molecule has 0 saturated carbocycles. The van der Waals surface area contributed by atoms with Gasteiger partial charge in [-0.15, -0.1) is 0 Å². The molecule has 0 bridgehead atoms. The van der Waals surface area contributed by atoms with Crippen LogP contribution in [0.4, 0.5) is 5.95 Å². The molecule has 26 heavy (non-hydrogen) atoms. The molecule has 4 N–H and O–H groups in total. The van der Waals surface area contributed by atoms with Crippen molar-refractivity contribution in [2.45, 2.75) is 26.1 Å². The van der Waals surface area contributed by atoms with Gasteiger partial charge in [0.15, 0.2) is 0 Å². The Morgan fingerprint density at radius 3 is 2.69 bits per heavy atom. The first-order chi connectivity index (χ1) is 12.7. The van der Waals surface area contributed by atoms with E-state index < -0.39 is 0 Å². The SMILES string of the molecule is NCc1ccc(CNc2nc3c(c(=O)[nH]2)Cc2ccccc2OC3)cc1. The van der Waals surface area contributed by atoms with Gasteiger partial charge in [0.05, 0.1) is 5.69 Å². The number of H-pyrrole nitrogens is 1. The number of para-hydroxylation sites is 1. The molecule has 3 aromatic rings. The lowest BCUT2D eigenvalue weighted by molar-refractivity contribution is 0.302. The lowest BCUT2D eigenvalue weighted by Gasteiger charge is -2.09. The van der Waals surface area contributed by atoms with Crippen LogP contribution in [0.2, 0.25) is 0 Å². The molecular formula is C20H20N4O2. The van der Waals surface area contributed by atoms with E-state index in [0.29, 0.717) is 36.7 Å². The molecule has 1 aliphatic heterocycles. The Morgan fingerprint density at radius 1 is 1.12 bits per heavy atom. The maximum atomic E-state index is 12.5. The van der Waals surface area contributed by atoms with Crippen molar-refractivity contribution in [3.05, 3.63) is 86.8 Å². The molecule has 1 aliphatic rings. The highest BCUT2D eigenvalue weighted by Crippen LogP contribution is 2.26. The number of ether oxygens (including phenoxy) is 1. The van der Waals surface area contributed by atoms with Crippen LogP contribution in [0.25, 0.3) is 0 Å². The highest BCUT2D eigenvalue weighted by Gasteiger charge is 2.18. The summed E-state index contributed by atoms with van der Waals surface area (Å²) < 4.78 is 5.82. The molecule has 132 valence electrons. The molecule has 2 heterocycles. The van der Waals surface area contributed by atoms with Gasteiger partial charge in [-0.3, -0.25) is 9.78 Å². The summed E-state index contributed by atoms with van der Waals surface area (Å²) >= 11 is 0. The number of nitrogens with one attached hydrogen (secondary N) is 2. The van der Waals surface area contributed by atoms with Crippen LogP contribution >= 0.6 is 0 Å². The van der Waals surface area contributed by atoms with Gasteiger partial charge in [-0.1, -0.05) is 42.5 Å². The van der Waals surface area contributed by atoms with E-state index in [-0.39, 0.29) is 12.2 Å². The van der Waals surface area contributed by atoms with Crippen LogP contribution in [0.1, 0.15) is 27.9 Å². The lowest BCUT2D eigenvalue weighted by Crippen LogP contribution is -2.20. The molecule has 0 atom stereocenters. The van der Waals surface area contributed by atoms with Gasteiger partial charge in [0.25, 0.3) is 5.56 Å². The van der Waals surface area contributed by atoms with E-state index in [1.165, 1.54) is 0 Å². The predicted octanol–water partition coefficient (Wildman–Crippen LogP) is 2.32. The summed E-state index contributed by atoms with van der Waals surface area (Å²) in [7, 11) is 0. The van der Waals surface area contributed by atoms with Crippen LogP contribution in [0, 0.1) is 0 Å². The van der Waals surface area contributed by atoms with Gasteiger partial charge in [0.1, 0.15) is 12.4 Å². The molecule has 0 spiro atoms. The summed E-state index contributed by atoms with van der Waals surface area (Å²) in [5, 5.41) is 3.18. The average molecular weight is 348 g/mol. The Morgan fingerprint density at radius 2 is 1.88 bits per heavy atom. The number of aromatic amines is 1. The largest absolute Gasteiger partial charge is 0.487 e. The second kappa shape index (κ2) is 7.01. The molecule has 0 radical (unpaired) electrons. The minimum absolute atomic E-state index is 0.128. The number of hydrogen-bond donors (Lipinski definition) is 3. The number of aromatic nitrogens is 2. The van der Waals surface area contributed by atoms with E-state index in [2.05, 4.69) is 15.3 Å². The second-order valence-electron chi connectivity index (χ2n) is 6.29. The Balaban J connectivity index is 1.54. The second-order valence-corrected chi connectivity index (χ2v) is 6.29. The molecule has 0 fully saturated rings. The fourth-order valence-electron chi connectivity index (χ4n) is 3.04. The van der Waals surface area contributed by atoms with Crippen molar-refractivity contribution in [3.63, 3.8) is 0 Å². The normalized spacial score (nSPS) is 12.5. The average Bonchev–Trinajstić information content (AvgIpc) is 2.87. The van der Waals surface area contributed by atoms with Gasteiger partial charge in [0.2, 0.25) is 5.95 Å². The van der Waals surface area contributed by atoms with E-state index in [1.807, 2.05) is 48.5 Å². The summed E-state index contributed by atoms with van der Waals surface area (Å²) in [4.78, 5) is 19.9. The third kappa shape index (κ3) is 3.32. The predicted molar refractivity (Wildman–Crippen MR) is 100 cm³/mol. The highest BCUT2D eigenvalue weighted by atomic mass is 16.5. The molecule has 1 aromatic heterocycles. The lowest BCUT2D eigenvalue weighted by atomic mass is 10.1. The fraction of sp³-hybridized carbons (Fsp3) is 0.200. The van der Waals surface area contributed by atoms with Crippen LogP contribution < -0.4 is 21.3 Å². The van der Waals surface area contributed by atoms with Gasteiger partial charge in [-0.2, -0.15) is 0 Å². The first-order valence-electron chi connectivity index (χ1n) is 8.57. The zero-order chi connectivity index (χ0) is 17.9. The maximum Gasteiger partial charge on any atom is 0.256 e. The van der Waals surface area contributed by atoms with Crippen LogP contribution in [0.5, 0.6) is 5.75 Å². The highest BCUT2D eigenvalue weighted by molar-refractivity contribution is 5.41. The maximum absolute atomic E-state index is 12.5. The molecule has 4 rings (SSSR count). The third-order valence-electron chi connectivity index (χ3n) is 4.52. The van der Waals surface area contributed by atoms with Crippen LogP contribution in [-0.4, -0.2) is 9.97 Å². The summed E-state index contributed by atoms with van der Waals surface area (Å²) in [6.07, 6.45) is 0.522. The van der Waals surface area contributed by atoms with E-state index in [1.54, 1.807) is 0 Å². The topological polar surface area (TPSA) is 93.0 Å². The molecular weight excluding hydrogens is 328 g/mol. The number of hydrogen-bond acceptors (Lipinski definition) is 5. The van der Waals surface area contributed by atoms with Gasteiger partial charge in [-0.05, 0) is 22.8 Å². The Hall–Kier alpha value is -3.12. The molecule has 0 amide bonds. The number of benzene rings is 2. The van der Waals surface area contributed by atoms with Crippen LogP contribution in [-0.2, 0) is 26.1 Å².